The van der Waals surface area contributed by atoms with Gasteiger partial charge in [-0.3, -0.25) is 24.1 Å². The molecule has 4 aromatic rings. The number of ether oxygens (including phenoxy) is 2. The van der Waals surface area contributed by atoms with Crippen LogP contribution >= 0.6 is 11.3 Å². The van der Waals surface area contributed by atoms with Crippen LogP contribution < -0.4 is 16.0 Å². The highest BCUT2D eigenvalue weighted by molar-refractivity contribution is 7.17. The number of carbonyl (C=O) groups is 5. The number of fused-ring (bicyclic) bond motifs is 1. The Morgan fingerprint density at radius 2 is 1.48 bits per heavy atom. The van der Waals surface area contributed by atoms with Crippen LogP contribution in [-0.2, 0) is 51.3 Å². The molecule has 0 bridgehead atoms. The van der Waals surface area contributed by atoms with Crippen molar-refractivity contribution in [2.24, 2.45) is 0 Å². The van der Waals surface area contributed by atoms with Gasteiger partial charge in [0.1, 0.15) is 10.6 Å². The van der Waals surface area contributed by atoms with E-state index in [1.165, 1.54) is 18.4 Å². The molecule has 0 unspecified atom stereocenters. The summed E-state index contributed by atoms with van der Waals surface area (Å²) < 4.78 is 10.1. The number of carbonyl (C=O) groups excluding carboxylic acids is 5. The van der Waals surface area contributed by atoms with Crippen molar-refractivity contribution < 1.29 is 33.4 Å². The van der Waals surface area contributed by atoms with Gasteiger partial charge >= 0.3 is 11.9 Å². The van der Waals surface area contributed by atoms with Crippen LogP contribution in [0, 0.1) is 0 Å². The first kappa shape index (κ1) is 42.3. The molecule has 3 amide bonds. The number of esters is 2. The summed E-state index contributed by atoms with van der Waals surface area (Å²) in [5.41, 5.74) is 5.91. The van der Waals surface area contributed by atoms with Crippen LogP contribution in [0.4, 0.5) is 10.7 Å². The lowest BCUT2D eigenvalue weighted by Gasteiger charge is -2.22. The van der Waals surface area contributed by atoms with Crippen molar-refractivity contribution >= 4 is 51.7 Å². The number of anilines is 2. The molecule has 306 valence electrons. The second-order valence-electron chi connectivity index (χ2n) is 16.0. The molecule has 1 saturated carbocycles. The zero-order valence-electron chi connectivity index (χ0n) is 33.9. The van der Waals surface area contributed by atoms with Gasteiger partial charge in [-0.1, -0.05) is 36.4 Å². The minimum Gasteiger partial charge on any atom is -0.465 e. The van der Waals surface area contributed by atoms with Crippen LogP contribution in [-0.4, -0.2) is 66.4 Å². The fourth-order valence-electron chi connectivity index (χ4n) is 7.14. The highest BCUT2D eigenvalue weighted by Crippen LogP contribution is 2.39. The largest absolute Gasteiger partial charge is 0.465 e. The maximum Gasteiger partial charge on any atom is 0.337 e. The van der Waals surface area contributed by atoms with E-state index in [0.29, 0.717) is 53.1 Å². The second-order valence-corrected chi connectivity index (χ2v) is 17.2. The molecule has 3 aromatic carbocycles. The number of methoxy groups -OCH3 is 1. The number of nitrogens with one attached hydrogen (secondary N) is 3. The van der Waals surface area contributed by atoms with Gasteiger partial charge < -0.3 is 25.4 Å². The smallest absolute Gasteiger partial charge is 0.337 e. The minimum absolute atomic E-state index is 0.0406. The lowest BCUT2D eigenvalue weighted by molar-refractivity contribution is -0.155. The fourth-order valence-corrected chi connectivity index (χ4v) is 8.42. The highest BCUT2D eigenvalue weighted by Gasteiger charge is 2.30. The fraction of sp³-hybridized carbons (Fsp3) is 0.413. The molecule has 2 aliphatic rings. The number of benzene rings is 3. The summed E-state index contributed by atoms with van der Waals surface area (Å²) in [7, 11) is 1.37. The van der Waals surface area contributed by atoms with Crippen molar-refractivity contribution in [1.29, 1.82) is 0 Å². The van der Waals surface area contributed by atoms with Gasteiger partial charge in [0.25, 0.3) is 11.8 Å². The van der Waals surface area contributed by atoms with Crippen molar-refractivity contribution in [3.05, 3.63) is 117 Å². The molecule has 1 fully saturated rings. The van der Waals surface area contributed by atoms with Gasteiger partial charge in [-0.15, -0.1) is 11.3 Å². The zero-order chi connectivity index (χ0) is 41.2. The van der Waals surface area contributed by atoms with Gasteiger partial charge in [-0.2, -0.15) is 0 Å². The molecule has 0 radical (unpaired) electrons. The Bertz CT molecular complexity index is 2100. The standard InChI is InChI=1S/C46H54N4O7S/c1-46(2,3)57-40(52)25-24-39(51)47-26-27-50(36-22-23-36)29-32-8-7-9-34(28-32)42(53)49-44-41(37-10-5-6-11-38(37)58-44)43(54)48-35-20-16-31(17-21-35)13-12-30-14-18-33(19-15-30)45(55)56-4/h7-9,14-21,28,36H,5-6,10-13,22-27,29H2,1-4H3,(H,47,51)(H,48,54)(H,49,53). The van der Waals surface area contributed by atoms with E-state index in [0.717, 1.165) is 78.5 Å². The molecule has 3 N–H and O–H groups in total. The highest BCUT2D eigenvalue weighted by atomic mass is 32.1. The third-order valence-electron chi connectivity index (χ3n) is 10.3. The molecular formula is C46H54N4O7S. The molecule has 11 nitrogen and oxygen atoms in total. The summed E-state index contributed by atoms with van der Waals surface area (Å²) in [6.45, 7) is 7.14. The van der Waals surface area contributed by atoms with Gasteiger partial charge in [0.2, 0.25) is 5.91 Å². The average Bonchev–Trinajstić information content (AvgIpc) is 3.99. The average molecular weight is 807 g/mol. The van der Waals surface area contributed by atoms with Gasteiger partial charge in [0.05, 0.1) is 24.7 Å². The molecule has 1 aromatic heterocycles. The van der Waals surface area contributed by atoms with Crippen LogP contribution in [0.15, 0.2) is 72.8 Å². The Balaban J connectivity index is 1.04. The number of rotatable bonds is 17. The number of aryl methyl sites for hydroxylation is 3. The summed E-state index contributed by atoms with van der Waals surface area (Å²) in [5, 5.41) is 9.68. The number of thiophene rings is 1. The Morgan fingerprint density at radius 1 is 0.793 bits per heavy atom. The van der Waals surface area contributed by atoms with E-state index in [9.17, 15) is 24.0 Å². The van der Waals surface area contributed by atoms with Crippen molar-refractivity contribution in [2.45, 2.75) is 103 Å². The normalized spacial score (nSPS) is 13.7. The van der Waals surface area contributed by atoms with Gasteiger partial charge in [0.15, 0.2) is 0 Å². The lowest BCUT2D eigenvalue weighted by Crippen LogP contribution is -2.36. The van der Waals surface area contributed by atoms with E-state index >= 15 is 0 Å². The van der Waals surface area contributed by atoms with Crippen molar-refractivity contribution in [3.63, 3.8) is 0 Å². The van der Waals surface area contributed by atoms with E-state index < -0.39 is 5.60 Å². The van der Waals surface area contributed by atoms with Crippen LogP contribution in [0.1, 0.15) is 118 Å². The summed E-state index contributed by atoms with van der Waals surface area (Å²) in [6, 6.07) is 23.2. The molecule has 0 spiro atoms. The van der Waals surface area contributed by atoms with Gasteiger partial charge in [-0.05, 0) is 131 Å². The molecule has 0 saturated heterocycles. The molecular weight excluding hydrogens is 753 g/mol. The van der Waals surface area contributed by atoms with Crippen molar-refractivity contribution in [3.8, 4) is 0 Å². The lowest BCUT2D eigenvalue weighted by atomic mass is 9.95. The maximum absolute atomic E-state index is 13.9. The molecule has 1 heterocycles. The van der Waals surface area contributed by atoms with Crippen LogP contribution in [0.25, 0.3) is 0 Å². The SMILES string of the molecule is COC(=O)c1ccc(CCc2ccc(NC(=O)c3c(NC(=O)c4cccc(CN(CCNC(=O)CCC(=O)OC(C)(C)C)C5CC5)c4)sc4c3CCCC4)cc2)cc1. The first-order valence-corrected chi connectivity index (χ1v) is 21.0. The van der Waals surface area contributed by atoms with Crippen LogP contribution in [0.5, 0.6) is 0 Å². The Hall–Kier alpha value is -5.33. The number of hydrogen-bond donors (Lipinski definition) is 3. The summed E-state index contributed by atoms with van der Waals surface area (Å²) in [4.78, 5) is 67.3. The predicted molar refractivity (Wildman–Crippen MR) is 226 cm³/mol. The third-order valence-corrected chi connectivity index (χ3v) is 11.5. The molecule has 12 heteroatoms. The second kappa shape index (κ2) is 19.4. The Kier molecular flexibility index (Phi) is 14.2. The Morgan fingerprint density at radius 3 is 2.16 bits per heavy atom. The molecule has 0 aliphatic heterocycles. The maximum atomic E-state index is 13.9. The number of nitrogens with zero attached hydrogens (tertiary/aromatic N) is 1. The van der Waals surface area contributed by atoms with E-state index in [-0.39, 0.29) is 42.5 Å². The quantitative estimate of drug-likeness (QED) is 0.0915. The van der Waals surface area contributed by atoms with Gasteiger partial charge in [-0.25, -0.2) is 4.79 Å². The van der Waals surface area contributed by atoms with Crippen molar-refractivity contribution in [2.75, 3.05) is 30.8 Å². The molecule has 58 heavy (non-hydrogen) atoms. The van der Waals surface area contributed by atoms with Crippen LogP contribution in [0.2, 0.25) is 0 Å². The van der Waals surface area contributed by atoms with E-state index in [2.05, 4.69) is 20.9 Å². The van der Waals surface area contributed by atoms with Crippen molar-refractivity contribution in [1.82, 2.24) is 10.2 Å². The monoisotopic (exact) mass is 806 g/mol. The number of amides is 3. The number of hydrogen-bond acceptors (Lipinski definition) is 9. The predicted octanol–water partition coefficient (Wildman–Crippen LogP) is 7.91. The Labute approximate surface area is 344 Å². The minimum atomic E-state index is -0.582. The first-order chi connectivity index (χ1) is 27.8. The summed E-state index contributed by atoms with van der Waals surface area (Å²) in [6.07, 6.45) is 7.61. The van der Waals surface area contributed by atoms with E-state index in [1.807, 2.05) is 54.6 Å². The zero-order valence-corrected chi connectivity index (χ0v) is 34.7. The van der Waals surface area contributed by atoms with E-state index in [1.54, 1.807) is 39.0 Å². The summed E-state index contributed by atoms with van der Waals surface area (Å²) >= 11 is 1.49. The molecule has 0 atom stereocenters. The first-order valence-electron chi connectivity index (χ1n) is 20.2. The third kappa shape index (κ3) is 12.1. The topological polar surface area (TPSA) is 143 Å². The molecule has 2 aliphatic carbocycles. The summed E-state index contributed by atoms with van der Waals surface area (Å²) in [5.74, 6) is -1.43. The van der Waals surface area contributed by atoms with E-state index in [4.69, 9.17) is 9.47 Å². The molecule has 6 rings (SSSR count). The van der Waals surface area contributed by atoms with Crippen LogP contribution in [0.3, 0.4) is 0 Å². The van der Waals surface area contributed by atoms with Gasteiger partial charge in [0, 0.05) is 48.2 Å².